The van der Waals surface area contributed by atoms with Crippen molar-refractivity contribution >= 4 is 33.4 Å². The molecule has 0 aromatic heterocycles. The highest BCUT2D eigenvalue weighted by molar-refractivity contribution is 9.10. The van der Waals surface area contributed by atoms with E-state index in [4.69, 9.17) is 10.9 Å². The minimum absolute atomic E-state index is 0.0590. The van der Waals surface area contributed by atoms with Crippen LogP contribution >= 0.6 is 15.9 Å². The van der Waals surface area contributed by atoms with Crippen LogP contribution in [0.5, 0.6) is 0 Å². The Hall–Kier alpha value is -2.34. The second-order valence-corrected chi connectivity index (χ2v) is 5.42. The van der Waals surface area contributed by atoms with E-state index in [0.717, 1.165) is 10.0 Å². The molecule has 1 amide bonds. The van der Waals surface area contributed by atoms with Crippen molar-refractivity contribution in [3.8, 4) is 0 Å². The zero-order valence-corrected chi connectivity index (χ0v) is 12.9. The number of nitrogens with zero attached hydrogens (tertiary/aromatic N) is 1. The number of carbonyl (C=O) groups excluding carboxylic acids is 1. The van der Waals surface area contributed by atoms with Crippen LogP contribution in [0.1, 0.15) is 21.5 Å². The summed E-state index contributed by atoms with van der Waals surface area (Å²) in [7, 11) is 0. The molecule has 6 heteroatoms. The first kappa shape index (κ1) is 15.1. The maximum atomic E-state index is 12.3. The number of hydrogen-bond acceptors (Lipinski definition) is 3. The molecule has 2 aromatic carbocycles. The fraction of sp³-hybridized carbons (Fsp3) is 0.0667. The zero-order valence-electron chi connectivity index (χ0n) is 11.3. The van der Waals surface area contributed by atoms with Crippen LogP contribution in [0.2, 0.25) is 0 Å². The normalized spacial score (nSPS) is 11.2. The van der Waals surface area contributed by atoms with Crippen LogP contribution in [-0.2, 0) is 0 Å². The standard InChI is InChI=1S/C15H14BrN3O2/c1-9-6-10(8-11(16)7-9)15(20)18-13-5-3-2-4-12(13)14(17)19-21/h2-8,21H,1H3,(H2,17,19)(H,18,20). The third-order valence-corrected chi connectivity index (χ3v) is 3.32. The highest BCUT2D eigenvalue weighted by Crippen LogP contribution is 2.19. The van der Waals surface area contributed by atoms with Gasteiger partial charge in [-0.15, -0.1) is 0 Å². The van der Waals surface area contributed by atoms with Gasteiger partial charge in [-0.1, -0.05) is 33.2 Å². The average molecular weight is 348 g/mol. The second-order valence-electron chi connectivity index (χ2n) is 4.50. The number of hydrogen-bond donors (Lipinski definition) is 3. The monoisotopic (exact) mass is 347 g/mol. The van der Waals surface area contributed by atoms with Crippen LogP contribution in [0.4, 0.5) is 5.69 Å². The molecule has 4 N–H and O–H groups in total. The molecule has 5 nitrogen and oxygen atoms in total. The molecule has 0 aliphatic rings. The third kappa shape index (κ3) is 3.61. The van der Waals surface area contributed by atoms with Crippen molar-refractivity contribution in [2.45, 2.75) is 6.92 Å². The van der Waals surface area contributed by atoms with Gasteiger partial charge in [-0.05, 0) is 42.8 Å². The molecule has 0 spiro atoms. The van der Waals surface area contributed by atoms with E-state index in [1.807, 2.05) is 13.0 Å². The highest BCUT2D eigenvalue weighted by atomic mass is 79.9. The summed E-state index contributed by atoms with van der Waals surface area (Å²) >= 11 is 3.36. The first-order valence-electron chi connectivity index (χ1n) is 6.16. The predicted molar refractivity (Wildman–Crippen MR) is 85.8 cm³/mol. The van der Waals surface area contributed by atoms with E-state index in [2.05, 4.69) is 26.4 Å². The number of halogens is 1. The lowest BCUT2D eigenvalue weighted by atomic mass is 10.1. The lowest BCUT2D eigenvalue weighted by Gasteiger charge is -2.10. The van der Waals surface area contributed by atoms with Gasteiger partial charge in [-0.25, -0.2) is 0 Å². The van der Waals surface area contributed by atoms with Gasteiger partial charge in [0.2, 0.25) is 0 Å². The zero-order chi connectivity index (χ0) is 15.4. The van der Waals surface area contributed by atoms with Crippen LogP contribution in [0.3, 0.4) is 0 Å². The third-order valence-electron chi connectivity index (χ3n) is 2.86. The Morgan fingerprint density at radius 3 is 2.67 bits per heavy atom. The SMILES string of the molecule is Cc1cc(Br)cc(C(=O)Nc2ccccc2/C(N)=N/O)c1. The Morgan fingerprint density at radius 2 is 2.00 bits per heavy atom. The highest BCUT2D eigenvalue weighted by Gasteiger charge is 2.12. The molecule has 0 atom stereocenters. The Labute approximate surface area is 130 Å². The van der Waals surface area contributed by atoms with Crippen molar-refractivity contribution in [3.05, 3.63) is 63.6 Å². The molecule has 0 aliphatic heterocycles. The molecule has 0 aliphatic carbocycles. The molecular weight excluding hydrogens is 334 g/mol. The maximum Gasteiger partial charge on any atom is 0.255 e. The first-order chi connectivity index (χ1) is 10.0. The number of anilines is 1. The summed E-state index contributed by atoms with van der Waals surface area (Å²) in [6, 6.07) is 12.3. The van der Waals surface area contributed by atoms with Crippen molar-refractivity contribution < 1.29 is 10.0 Å². The summed E-state index contributed by atoms with van der Waals surface area (Å²) in [4.78, 5) is 12.3. The number of nitrogens with one attached hydrogen (secondary N) is 1. The van der Waals surface area contributed by atoms with Crippen LogP contribution < -0.4 is 11.1 Å². The van der Waals surface area contributed by atoms with E-state index in [-0.39, 0.29) is 11.7 Å². The van der Waals surface area contributed by atoms with Crippen LogP contribution in [-0.4, -0.2) is 17.0 Å². The molecule has 0 bridgehead atoms. The van der Waals surface area contributed by atoms with Gasteiger partial charge in [-0.2, -0.15) is 0 Å². The van der Waals surface area contributed by atoms with Crippen LogP contribution in [0, 0.1) is 6.92 Å². The van der Waals surface area contributed by atoms with Gasteiger partial charge >= 0.3 is 0 Å². The van der Waals surface area contributed by atoms with Gasteiger partial charge in [0, 0.05) is 15.6 Å². The molecule has 0 fully saturated rings. The van der Waals surface area contributed by atoms with Gasteiger partial charge in [0.25, 0.3) is 5.91 Å². The van der Waals surface area contributed by atoms with E-state index in [1.54, 1.807) is 36.4 Å². The topological polar surface area (TPSA) is 87.7 Å². The fourth-order valence-electron chi connectivity index (χ4n) is 1.93. The van der Waals surface area contributed by atoms with Crippen molar-refractivity contribution in [2.24, 2.45) is 10.9 Å². The molecule has 2 rings (SSSR count). The number of carbonyl (C=O) groups is 1. The smallest absolute Gasteiger partial charge is 0.255 e. The average Bonchev–Trinajstić information content (AvgIpc) is 2.46. The Balaban J connectivity index is 2.32. The predicted octanol–water partition coefficient (Wildman–Crippen LogP) is 3.10. The molecule has 108 valence electrons. The van der Waals surface area contributed by atoms with E-state index < -0.39 is 0 Å². The molecule has 0 saturated heterocycles. The van der Waals surface area contributed by atoms with E-state index in [0.29, 0.717) is 16.8 Å². The van der Waals surface area contributed by atoms with Crippen molar-refractivity contribution in [1.29, 1.82) is 0 Å². The van der Waals surface area contributed by atoms with E-state index >= 15 is 0 Å². The number of amidine groups is 1. The van der Waals surface area contributed by atoms with Crippen LogP contribution in [0.15, 0.2) is 52.1 Å². The first-order valence-corrected chi connectivity index (χ1v) is 6.96. The minimum Gasteiger partial charge on any atom is -0.409 e. The number of rotatable bonds is 3. The number of oxime groups is 1. The molecule has 0 radical (unpaired) electrons. The number of aryl methyl sites for hydroxylation is 1. The quantitative estimate of drug-likeness (QED) is 0.345. The lowest BCUT2D eigenvalue weighted by Crippen LogP contribution is -2.19. The number of benzene rings is 2. The summed E-state index contributed by atoms with van der Waals surface area (Å²) < 4.78 is 0.831. The van der Waals surface area contributed by atoms with E-state index in [1.165, 1.54) is 0 Å². The minimum atomic E-state index is -0.266. The Bertz CT molecular complexity index is 694. The van der Waals surface area contributed by atoms with E-state index in [9.17, 15) is 4.79 Å². The second kappa shape index (κ2) is 6.41. The van der Waals surface area contributed by atoms with Crippen LogP contribution in [0.25, 0.3) is 0 Å². The number of amides is 1. The Kier molecular flexibility index (Phi) is 4.59. The number of nitrogens with two attached hydrogens (primary N) is 1. The van der Waals surface area contributed by atoms with Gasteiger partial charge in [0.1, 0.15) is 0 Å². The molecule has 0 heterocycles. The Morgan fingerprint density at radius 1 is 1.29 bits per heavy atom. The molecule has 2 aromatic rings. The lowest BCUT2D eigenvalue weighted by molar-refractivity contribution is 0.102. The fourth-order valence-corrected chi connectivity index (χ4v) is 2.54. The summed E-state index contributed by atoms with van der Waals surface area (Å²) in [5.74, 6) is -0.325. The van der Waals surface area contributed by atoms with Gasteiger partial charge in [0.05, 0.1) is 5.69 Å². The number of para-hydroxylation sites is 1. The van der Waals surface area contributed by atoms with Gasteiger partial charge in [0.15, 0.2) is 5.84 Å². The van der Waals surface area contributed by atoms with Crippen molar-refractivity contribution in [2.75, 3.05) is 5.32 Å². The summed E-state index contributed by atoms with van der Waals surface area (Å²) in [5, 5.41) is 14.5. The van der Waals surface area contributed by atoms with Gasteiger partial charge < -0.3 is 16.3 Å². The molecule has 21 heavy (non-hydrogen) atoms. The molecule has 0 unspecified atom stereocenters. The van der Waals surface area contributed by atoms with Crippen molar-refractivity contribution in [1.82, 2.24) is 0 Å². The maximum absolute atomic E-state index is 12.3. The molecular formula is C15H14BrN3O2. The summed E-state index contributed by atoms with van der Waals surface area (Å²) in [6.07, 6.45) is 0. The summed E-state index contributed by atoms with van der Waals surface area (Å²) in [6.45, 7) is 1.91. The van der Waals surface area contributed by atoms with Gasteiger partial charge in [-0.3, -0.25) is 4.79 Å². The van der Waals surface area contributed by atoms with Crippen molar-refractivity contribution in [3.63, 3.8) is 0 Å². The summed E-state index contributed by atoms with van der Waals surface area (Å²) in [5.41, 5.74) is 8.03. The largest absolute Gasteiger partial charge is 0.409 e. The molecule has 0 saturated carbocycles.